The van der Waals surface area contributed by atoms with Crippen molar-refractivity contribution in [1.29, 1.82) is 0 Å². The number of nitrogens with zero attached hydrogens (tertiary/aromatic N) is 3. The Kier molecular flexibility index (Phi) is 7.69. The molecule has 5 rings (SSSR count). The Morgan fingerprint density at radius 3 is 2.63 bits per heavy atom. The van der Waals surface area contributed by atoms with Crippen molar-refractivity contribution in [3.8, 4) is 0 Å². The maximum atomic E-state index is 14.0. The van der Waals surface area contributed by atoms with E-state index in [0.717, 1.165) is 34.9 Å². The largest absolute Gasteiger partial charge is 0.355 e. The summed E-state index contributed by atoms with van der Waals surface area (Å²) in [6.45, 7) is 2.54. The Morgan fingerprint density at radius 2 is 1.87 bits per heavy atom. The van der Waals surface area contributed by atoms with Crippen molar-refractivity contribution in [3.05, 3.63) is 71.1 Å². The Hall–Kier alpha value is -3.02. The highest BCUT2D eigenvalue weighted by Crippen LogP contribution is 2.36. The highest BCUT2D eigenvalue weighted by molar-refractivity contribution is 7.99. The van der Waals surface area contributed by atoms with Crippen molar-refractivity contribution in [2.45, 2.75) is 36.0 Å². The third-order valence-electron chi connectivity index (χ3n) is 6.82. The lowest BCUT2D eigenvalue weighted by molar-refractivity contribution is -0.123. The number of fused-ring (bicyclic) bond motifs is 1. The van der Waals surface area contributed by atoms with E-state index in [1.165, 1.54) is 29.4 Å². The zero-order valence-corrected chi connectivity index (χ0v) is 22.4. The number of hydrogen-bond donors (Lipinski definition) is 0. The number of amides is 1. The van der Waals surface area contributed by atoms with Gasteiger partial charge in [0.1, 0.15) is 17.3 Å². The van der Waals surface area contributed by atoms with Crippen LogP contribution in [0.1, 0.15) is 36.3 Å². The summed E-state index contributed by atoms with van der Waals surface area (Å²) in [5.74, 6) is -0.827. The molecule has 0 aliphatic carbocycles. The first kappa shape index (κ1) is 26.6. The van der Waals surface area contributed by atoms with Gasteiger partial charge in [-0.05, 0) is 68.4 Å². The van der Waals surface area contributed by atoms with Gasteiger partial charge in [-0.25, -0.2) is 17.2 Å². The lowest BCUT2D eigenvalue weighted by Crippen LogP contribution is -2.45. The van der Waals surface area contributed by atoms with Crippen LogP contribution in [0, 0.1) is 24.5 Å². The molecule has 2 aromatic carbocycles. The normalized spacial score (nSPS) is 17.5. The minimum absolute atomic E-state index is 0.0307. The number of piperidine rings is 1. The fourth-order valence-electron chi connectivity index (χ4n) is 4.85. The molecule has 1 fully saturated rings. The molecular weight excluding hydrogens is 532 g/mol. The van der Waals surface area contributed by atoms with Gasteiger partial charge < -0.3 is 9.42 Å². The predicted molar refractivity (Wildman–Crippen MR) is 142 cm³/mol. The van der Waals surface area contributed by atoms with Gasteiger partial charge in [0, 0.05) is 42.1 Å². The molecule has 11 heteroatoms. The van der Waals surface area contributed by atoms with Crippen LogP contribution >= 0.6 is 11.8 Å². The molecule has 1 saturated heterocycles. The quantitative estimate of drug-likeness (QED) is 0.419. The van der Waals surface area contributed by atoms with Crippen LogP contribution in [0.2, 0.25) is 0 Å². The van der Waals surface area contributed by atoms with Gasteiger partial charge in [-0.3, -0.25) is 4.79 Å². The third-order valence-corrected chi connectivity index (χ3v) is 10.0. The highest BCUT2D eigenvalue weighted by atomic mass is 32.2. The first-order valence-corrected chi connectivity index (χ1v) is 14.8. The van der Waals surface area contributed by atoms with Crippen LogP contribution in [0.4, 0.5) is 14.5 Å². The molecule has 200 valence electrons. The Morgan fingerprint density at radius 1 is 1.11 bits per heavy atom. The van der Waals surface area contributed by atoms with Crippen molar-refractivity contribution in [2.24, 2.45) is 5.92 Å². The van der Waals surface area contributed by atoms with E-state index in [1.807, 2.05) is 29.2 Å². The zero-order chi connectivity index (χ0) is 26.9. The minimum atomic E-state index is -3.99. The zero-order valence-electron chi connectivity index (χ0n) is 20.8. The van der Waals surface area contributed by atoms with Gasteiger partial charge in [-0.2, -0.15) is 4.31 Å². The van der Waals surface area contributed by atoms with Crippen molar-refractivity contribution in [3.63, 3.8) is 0 Å². The SMILES string of the molecule is Cc1noc(C=Cc2ccc(F)cc2F)c1S(=O)(=O)N1CCC(C(=O)N2CCCSc3ccccc32)CC1. The van der Waals surface area contributed by atoms with Gasteiger partial charge in [0.2, 0.25) is 15.9 Å². The Bertz CT molecular complexity index is 1480. The molecule has 0 bridgehead atoms. The number of carbonyl (C=O) groups excluding carboxylic acids is 1. The number of benzene rings is 2. The average Bonchev–Trinajstić information content (AvgIpc) is 3.15. The molecule has 0 saturated carbocycles. The van der Waals surface area contributed by atoms with Gasteiger partial charge in [-0.15, -0.1) is 11.8 Å². The van der Waals surface area contributed by atoms with E-state index in [4.69, 9.17) is 4.52 Å². The number of anilines is 1. The monoisotopic (exact) mass is 559 g/mol. The number of aromatic nitrogens is 1. The van der Waals surface area contributed by atoms with E-state index < -0.39 is 21.7 Å². The summed E-state index contributed by atoms with van der Waals surface area (Å²) in [7, 11) is -3.99. The molecule has 0 radical (unpaired) electrons. The summed E-state index contributed by atoms with van der Waals surface area (Å²) in [6.07, 6.45) is 4.33. The Balaban J connectivity index is 1.31. The molecule has 7 nitrogen and oxygen atoms in total. The molecule has 38 heavy (non-hydrogen) atoms. The molecule has 3 heterocycles. The van der Waals surface area contributed by atoms with Crippen LogP contribution < -0.4 is 4.90 Å². The summed E-state index contributed by atoms with van der Waals surface area (Å²) in [4.78, 5) is 16.3. The molecule has 2 aliphatic heterocycles. The molecular formula is C27H27F2N3O4S2. The van der Waals surface area contributed by atoms with Crippen molar-refractivity contribution >= 4 is 45.5 Å². The molecule has 0 atom stereocenters. The number of thioether (sulfide) groups is 1. The number of para-hydroxylation sites is 1. The van der Waals surface area contributed by atoms with Crippen molar-refractivity contribution < 1.29 is 26.5 Å². The third kappa shape index (κ3) is 5.27. The van der Waals surface area contributed by atoms with Crippen molar-refractivity contribution in [1.82, 2.24) is 9.46 Å². The van der Waals surface area contributed by atoms with E-state index in [9.17, 15) is 22.0 Å². The number of rotatable bonds is 5. The number of sulfonamides is 1. The standard InChI is InChI=1S/C27H27F2N3O4S2/c1-18-26(24(36-30-18)10-8-19-7-9-21(28)17-22(19)29)38(34,35)31-14-11-20(12-15-31)27(33)32-13-4-16-37-25-6-3-2-5-23(25)32/h2-3,5-10,17,20H,4,11-16H2,1H3. The second-order valence-corrected chi connectivity index (χ2v) is 12.3. The molecule has 0 unspecified atom stereocenters. The van der Waals surface area contributed by atoms with Crippen LogP contribution in [-0.4, -0.2) is 49.2 Å². The smallest absolute Gasteiger partial charge is 0.248 e. The van der Waals surface area contributed by atoms with Crippen LogP contribution in [-0.2, 0) is 14.8 Å². The second-order valence-electron chi connectivity index (χ2n) is 9.30. The Labute approximate surface area is 224 Å². The number of halogens is 2. The van der Waals surface area contributed by atoms with Crippen LogP contribution in [0.25, 0.3) is 12.2 Å². The molecule has 0 N–H and O–H groups in total. The van der Waals surface area contributed by atoms with Crippen molar-refractivity contribution in [2.75, 3.05) is 30.3 Å². The number of hydrogen-bond acceptors (Lipinski definition) is 6. The first-order chi connectivity index (χ1) is 18.3. The maximum absolute atomic E-state index is 14.0. The summed E-state index contributed by atoms with van der Waals surface area (Å²) < 4.78 is 61.0. The summed E-state index contributed by atoms with van der Waals surface area (Å²) in [5.41, 5.74) is 1.18. The molecule has 1 aromatic heterocycles. The topological polar surface area (TPSA) is 83.7 Å². The van der Waals surface area contributed by atoms with E-state index in [0.29, 0.717) is 19.4 Å². The average molecular weight is 560 g/mol. The van der Waals surface area contributed by atoms with Crippen LogP contribution in [0.3, 0.4) is 0 Å². The van der Waals surface area contributed by atoms with E-state index in [1.54, 1.807) is 11.8 Å². The summed E-state index contributed by atoms with van der Waals surface area (Å²) >= 11 is 1.75. The lowest BCUT2D eigenvalue weighted by Gasteiger charge is -2.33. The number of aryl methyl sites for hydroxylation is 1. The van der Waals surface area contributed by atoms with Gasteiger partial charge >= 0.3 is 0 Å². The lowest BCUT2D eigenvalue weighted by atomic mass is 9.96. The first-order valence-electron chi connectivity index (χ1n) is 12.4. The van der Waals surface area contributed by atoms with E-state index in [-0.39, 0.29) is 46.8 Å². The second kappa shape index (κ2) is 11.0. The fraction of sp³-hybridized carbons (Fsp3) is 0.333. The predicted octanol–water partition coefficient (Wildman–Crippen LogP) is 5.36. The highest BCUT2D eigenvalue weighted by Gasteiger charge is 2.37. The van der Waals surface area contributed by atoms with Crippen LogP contribution in [0.5, 0.6) is 0 Å². The van der Waals surface area contributed by atoms with E-state index in [2.05, 4.69) is 5.16 Å². The summed E-state index contributed by atoms with van der Waals surface area (Å²) in [5, 5.41) is 3.81. The molecule has 0 spiro atoms. The number of carbonyl (C=O) groups is 1. The van der Waals surface area contributed by atoms with E-state index >= 15 is 0 Å². The fourth-order valence-corrected chi connectivity index (χ4v) is 7.56. The summed E-state index contributed by atoms with van der Waals surface area (Å²) in [6, 6.07) is 11.0. The minimum Gasteiger partial charge on any atom is -0.355 e. The van der Waals surface area contributed by atoms with Gasteiger partial charge in [0.15, 0.2) is 10.7 Å². The maximum Gasteiger partial charge on any atom is 0.248 e. The van der Waals surface area contributed by atoms with Gasteiger partial charge in [0.25, 0.3) is 0 Å². The van der Waals surface area contributed by atoms with Gasteiger partial charge in [-0.1, -0.05) is 17.3 Å². The van der Waals surface area contributed by atoms with Gasteiger partial charge in [0.05, 0.1) is 5.69 Å². The molecule has 3 aromatic rings. The molecule has 2 aliphatic rings. The van der Waals surface area contributed by atoms with Crippen LogP contribution in [0.15, 0.2) is 56.8 Å². The molecule has 1 amide bonds.